The molecule has 3 rings (SSSR count). The summed E-state index contributed by atoms with van der Waals surface area (Å²) in [5.41, 5.74) is 0. The van der Waals surface area contributed by atoms with Crippen LogP contribution in [0.2, 0.25) is 0 Å². The summed E-state index contributed by atoms with van der Waals surface area (Å²) in [6.07, 6.45) is 4.03. The minimum absolute atomic E-state index is 0.470. The summed E-state index contributed by atoms with van der Waals surface area (Å²) in [5.74, 6) is 0.598. The van der Waals surface area contributed by atoms with E-state index in [1.165, 1.54) is 11.8 Å². The molecule has 2 aromatic rings. The van der Waals surface area contributed by atoms with E-state index in [0.29, 0.717) is 12.0 Å². The van der Waals surface area contributed by atoms with Crippen LogP contribution in [0.1, 0.15) is 18.9 Å². The van der Waals surface area contributed by atoms with Gasteiger partial charge >= 0.3 is 0 Å². The van der Waals surface area contributed by atoms with Crippen LogP contribution in [0.15, 0.2) is 22.4 Å². The smallest absolute Gasteiger partial charge is 0.223 e. The van der Waals surface area contributed by atoms with Gasteiger partial charge in [-0.25, -0.2) is 14.6 Å². The van der Waals surface area contributed by atoms with Crippen molar-refractivity contribution in [2.24, 2.45) is 0 Å². The number of nitrogens with one attached hydrogen (secondary N) is 1. The van der Waals surface area contributed by atoms with Gasteiger partial charge in [-0.3, -0.25) is 0 Å². The van der Waals surface area contributed by atoms with Gasteiger partial charge in [0.15, 0.2) is 0 Å². The average molecular weight is 249 g/mol. The number of aromatic nitrogens is 6. The molecule has 88 valence electrons. The molecule has 1 N–H and O–H groups in total. The lowest BCUT2D eigenvalue weighted by molar-refractivity contribution is 0.565. The summed E-state index contributed by atoms with van der Waals surface area (Å²) in [4.78, 5) is 8.38. The molecule has 0 spiro atoms. The fraction of sp³-hybridized carbons (Fsp3) is 0.444. The van der Waals surface area contributed by atoms with Gasteiger partial charge in [0.25, 0.3) is 0 Å². The van der Waals surface area contributed by atoms with Gasteiger partial charge in [0.2, 0.25) is 11.1 Å². The van der Waals surface area contributed by atoms with Crippen LogP contribution in [0, 0.1) is 0 Å². The zero-order valence-corrected chi connectivity index (χ0v) is 10.1. The molecule has 0 unspecified atom stereocenters. The predicted molar refractivity (Wildman–Crippen MR) is 61.8 cm³/mol. The van der Waals surface area contributed by atoms with Crippen LogP contribution in [0.4, 0.5) is 5.95 Å². The summed E-state index contributed by atoms with van der Waals surface area (Å²) >= 11 is 1.45. The Morgan fingerprint density at radius 3 is 3.12 bits per heavy atom. The van der Waals surface area contributed by atoms with Crippen LogP contribution >= 0.6 is 11.8 Å². The molecule has 1 fully saturated rings. The first-order chi connectivity index (χ1) is 8.36. The molecule has 0 aromatic carbocycles. The van der Waals surface area contributed by atoms with Crippen molar-refractivity contribution in [3.05, 3.63) is 12.3 Å². The normalized spacial score (nSPS) is 14.9. The van der Waals surface area contributed by atoms with Crippen molar-refractivity contribution in [1.29, 1.82) is 0 Å². The molecular weight excluding hydrogens is 238 g/mol. The molecule has 0 aliphatic heterocycles. The zero-order valence-electron chi connectivity index (χ0n) is 9.24. The molecule has 0 amide bonds. The quantitative estimate of drug-likeness (QED) is 0.809. The standard InChI is InChI=1S/C9H11N7S/c1-10-8-11-5-4-7(12-8)17-9-13-14-15-16(9)6-2-3-6/h4-6H,2-3H2,1H3,(H,10,11,12). The van der Waals surface area contributed by atoms with Crippen molar-refractivity contribution in [2.75, 3.05) is 12.4 Å². The molecule has 2 aromatic heterocycles. The number of hydrogen-bond acceptors (Lipinski definition) is 7. The number of hydrogen-bond donors (Lipinski definition) is 1. The first kappa shape index (κ1) is 10.5. The largest absolute Gasteiger partial charge is 0.357 e. The Kier molecular flexibility index (Phi) is 2.63. The van der Waals surface area contributed by atoms with Crippen molar-refractivity contribution in [1.82, 2.24) is 30.2 Å². The monoisotopic (exact) mass is 249 g/mol. The Morgan fingerprint density at radius 1 is 1.47 bits per heavy atom. The fourth-order valence-corrected chi connectivity index (χ4v) is 2.22. The summed E-state index contributed by atoms with van der Waals surface area (Å²) in [5, 5.41) is 16.2. The third-order valence-corrected chi connectivity index (χ3v) is 3.29. The third kappa shape index (κ3) is 2.21. The Bertz CT molecular complexity index is 522. The highest BCUT2D eigenvalue weighted by atomic mass is 32.2. The molecule has 0 bridgehead atoms. The lowest BCUT2D eigenvalue weighted by Gasteiger charge is -2.02. The average Bonchev–Trinajstić information content (AvgIpc) is 3.11. The van der Waals surface area contributed by atoms with Gasteiger partial charge in [-0.15, -0.1) is 5.10 Å². The summed E-state index contributed by atoms with van der Waals surface area (Å²) < 4.78 is 1.87. The Balaban J connectivity index is 1.83. The lowest BCUT2D eigenvalue weighted by atomic mass is 10.7. The first-order valence-electron chi connectivity index (χ1n) is 5.33. The van der Waals surface area contributed by atoms with E-state index in [1.807, 2.05) is 10.7 Å². The van der Waals surface area contributed by atoms with E-state index in [4.69, 9.17) is 0 Å². The molecule has 1 aliphatic rings. The molecule has 1 saturated carbocycles. The van der Waals surface area contributed by atoms with Crippen LogP contribution in [0.3, 0.4) is 0 Å². The first-order valence-corrected chi connectivity index (χ1v) is 6.15. The van der Waals surface area contributed by atoms with Crippen LogP contribution in [-0.4, -0.2) is 37.2 Å². The Labute approximate surface area is 102 Å². The van der Waals surface area contributed by atoms with E-state index < -0.39 is 0 Å². The van der Waals surface area contributed by atoms with Gasteiger partial charge < -0.3 is 5.32 Å². The van der Waals surface area contributed by atoms with E-state index >= 15 is 0 Å². The van der Waals surface area contributed by atoms with Gasteiger partial charge in [0.1, 0.15) is 5.03 Å². The van der Waals surface area contributed by atoms with Crippen LogP contribution in [0.5, 0.6) is 0 Å². The third-order valence-electron chi connectivity index (χ3n) is 2.40. The highest BCUT2D eigenvalue weighted by Crippen LogP contribution is 2.37. The predicted octanol–water partition coefficient (Wildman–Crippen LogP) is 0.991. The minimum atomic E-state index is 0.470. The van der Waals surface area contributed by atoms with Crippen molar-refractivity contribution in [3.63, 3.8) is 0 Å². The molecule has 1 aliphatic carbocycles. The molecule has 17 heavy (non-hydrogen) atoms. The van der Waals surface area contributed by atoms with Gasteiger partial charge in [-0.1, -0.05) is 0 Å². The maximum absolute atomic E-state index is 4.32. The lowest BCUT2D eigenvalue weighted by Crippen LogP contribution is -2.00. The fourth-order valence-electron chi connectivity index (χ4n) is 1.41. The molecule has 0 saturated heterocycles. The van der Waals surface area contributed by atoms with E-state index in [0.717, 1.165) is 23.0 Å². The van der Waals surface area contributed by atoms with Crippen molar-refractivity contribution < 1.29 is 0 Å². The molecule has 8 heteroatoms. The van der Waals surface area contributed by atoms with Crippen molar-refractivity contribution >= 4 is 17.7 Å². The van der Waals surface area contributed by atoms with Gasteiger partial charge in [0, 0.05) is 13.2 Å². The second-order valence-electron chi connectivity index (χ2n) is 3.71. The molecule has 0 radical (unpaired) electrons. The van der Waals surface area contributed by atoms with Crippen molar-refractivity contribution in [3.8, 4) is 0 Å². The molecular formula is C9H11N7S. The highest BCUT2D eigenvalue weighted by Gasteiger charge is 2.28. The van der Waals surface area contributed by atoms with E-state index in [2.05, 4.69) is 30.8 Å². The van der Waals surface area contributed by atoms with Crippen molar-refractivity contribution in [2.45, 2.75) is 29.1 Å². The molecule has 2 heterocycles. The van der Waals surface area contributed by atoms with E-state index in [1.54, 1.807) is 13.2 Å². The Hall–Kier alpha value is -1.70. The summed E-state index contributed by atoms with van der Waals surface area (Å²) in [6, 6.07) is 2.32. The topological polar surface area (TPSA) is 81.4 Å². The van der Waals surface area contributed by atoms with Gasteiger partial charge in [-0.2, -0.15) is 0 Å². The van der Waals surface area contributed by atoms with E-state index in [-0.39, 0.29) is 0 Å². The number of anilines is 1. The van der Waals surface area contributed by atoms with Crippen LogP contribution in [0.25, 0.3) is 0 Å². The zero-order chi connectivity index (χ0) is 11.7. The molecule has 0 atom stereocenters. The Morgan fingerprint density at radius 2 is 2.35 bits per heavy atom. The second kappa shape index (κ2) is 4.28. The summed E-state index contributed by atoms with van der Waals surface area (Å²) in [6.45, 7) is 0. The number of nitrogens with zero attached hydrogens (tertiary/aromatic N) is 6. The number of rotatable bonds is 4. The minimum Gasteiger partial charge on any atom is -0.357 e. The maximum Gasteiger partial charge on any atom is 0.223 e. The highest BCUT2D eigenvalue weighted by molar-refractivity contribution is 7.99. The SMILES string of the molecule is CNc1nccc(Sc2nnnn2C2CC2)n1. The second-order valence-corrected chi connectivity index (χ2v) is 4.70. The molecule has 7 nitrogen and oxygen atoms in total. The number of tetrazole rings is 1. The maximum atomic E-state index is 4.32. The van der Waals surface area contributed by atoms with Crippen LogP contribution < -0.4 is 5.32 Å². The van der Waals surface area contributed by atoms with Gasteiger partial charge in [0.05, 0.1) is 6.04 Å². The van der Waals surface area contributed by atoms with Gasteiger partial charge in [-0.05, 0) is 41.1 Å². The van der Waals surface area contributed by atoms with E-state index in [9.17, 15) is 0 Å². The van der Waals surface area contributed by atoms with Crippen LogP contribution in [-0.2, 0) is 0 Å². The summed E-state index contributed by atoms with van der Waals surface area (Å²) in [7, 11) is 1.79.